The Labute approximate surface area is 133 Å². The summed E-state index contributed by atoms with van der Waals surface area (Å²) in [5.41, 5.74) is 2.84. The van der Waals surface area contributed by atoms with Gasteiger partial charge in [-0.3, -0.25) is 0 Å². The van der Waals surface area contributed by atoms with Gasteiger partial charge in [0.05, 0.1) is 11.9 Å². The van der Waals surface area contributed by atoms with Crippen molar-refractivity contribution in [1.29, 1.82) is 0 Å². The van der Waals surface area contributed by atoms with Gasteiger partial charge in [-0.15, -0.1) is 22.9 Å². The van der Waals surface area contributed by atoms with Crippen LogP contribution in [-0.2, 0) is 5.88 Å². The molecule has 0 bridgehead atoms. The van der Waals surface area contributed by atoms with Crippen molar-refractivity contribution in [3.63, 3.8) is 0 Å². The minimum atomic E-state index is 0.220. The number of aromatic nitrogens is 3. The smallest absolute Gasteiger partial charge is 0.160 e. The Morgan fingerprint density at radius 1 is 1.24 bits per heavy atom. The summed E-state index contributed by atoms with van der Waals surface area (Å²) < 4.78 is 2.21. The van der Waals surface area contributed by atoms with E-state index in [9.17, 15) is 0 Å². The highest BCUT2D eigenvalue weighted by atomic mass is 35.5. The molecule has 1 unspecified atom stereocenters. The molecule has 3 heterocycles. The third kappa shape index (κ3) is 2.58. The van der Waals surface area contributed by atoms with Gasteiger partial charge >= 0.3 is 0 Å². The number of imidazole rings is 1. The van der Waals surface area contributed by atoms with Crippen LogP contribution >= 0.6 is 22.9 Å². The Hall–Kier alpha value is -1.39. The lowest BCUT2D eigenvalue weighted by Crippen LogP contribution is -2.18. The third-order valence-corrected chi connectivity index (χ3v) is 4.80. The zero-order valence-electron chi connectivity index (χ0n) is 12.4. The molecular weight excluding hydrogens is 302 g/mol. The number of alkyl halides is 1. The molecule has 0 aliphatic heterocycles. The van der Waals surface area contributed by atoms with Crippen molar-refractivity contribution in [3.8, 4) is 0 Å². The molecule has 3 aromatic rings. The van der Waals surface area contributed by atoms with Crippen molar-refractivity contribution in [1.82, 2.24) is 14.5 Å². The summed E-state index contributed by atoms with van der Waals surface area (Å²) in [6, 6.07) is 8.50. The molecular formula is C16H18ClN3S. The number of rotatable bonds is 4. The van der Waals surface area contributed by atoms with Gasteiger partial charge in [0.2, 0.25) is 0 Å². The van der Waals surface area contributed by atoms with Crippen LogP contribution in [0.2, 0.25) is 0 Å². The molecule has 3 rings (SSSR count). The molecule has 5 heteroatoms. The van der Waals surface area contributed by atoms with E-state index in [1.807, 2.05) is 19.1 Å². The maximum Gasteiger partial charge on any atom is 0.160 e. The zero-order chi connectivity index (χ0) is 15.0. The predicted octanol–water partition coefficient (Wildman–Crippen LogP) is 4.79. The van der Waals surface area contributed by atoms with Crippen LogP contribution in [0.4, 0.5) is 0 Å². The summed E-state index contributed by atoms with van der Waals surface area (Å²) in [4.78, 5) is 10.7. The second-order valence-electron chi connectivity index (χ2n) is 5.53. The highest BCUT2D eigenvalue weighted by Crippen LogP contribution is 2.34. The molecule has 21 heavy (non-hydrogen) atoms. The molecule has 3 nitrogen and oxygen atoms in total. The molecule has 0 saturated carbocycles. The topological polar surface area (TPSA) is 30.7 Å². The summed E-state index contributed by atoms with van der Waals surface area (Å²) in [6.45, 7) is 6.46. The van der Waals surface area contributed by atoms with Gasteiger partial charge in [0, 0.05) is 10.6 Å². The van der Waals surface area contributed by atoms with Gasteiger partial charge in [-0.1, -0.05) is 19.9 Å². The average molecular weight is 320 g/mol. The molecule has 1 atom stereocenters. The summed E-state index contributed by atoms with van der Waals surface area (Å²) in [5.74, 6) is 1.71. The van der Waals surface area contributed by atoms with E-state index in [2.05, 4.69) is 40.9 Å². The lowest BCUT2D eigenvalue weighted by molar-refractivity contribution is 0.442. The molecule has 0 N–H and O–H groups in total. The number of thiophene rings is 1. The van der Waals surface area contributed by atoms with Crippen LogP contribution in [0.3, 0.4) is 0 Å². The minimum Gasteiger partial charge on any atom is -0.303 e. The first-order valence-electron chi connectivity index (χ1n) is 7.05. The number of nitrogens with zero attached hydrogens (tertiary/aromatic N) is 3. The molecule has 0 spiro atoms. The first kappa shape index (κ1) is 14.5. The lowest BCUT2D eigenvalue weighted by atomic mass is 10.0. The Bertz CT molecular complexity index is 746. The normalized spacial score (nSPS) is 13.2. The molecule has 3 aromatic heterocycles. The van der Waals surface area contributed by atoms with Gasteiger partial charge in [-0.2, -0.15) is 0 Å². The van der Waals surface area contributed by atoms with Crippen LogP contribution in [0.25, 0.3) is 11.2 Å². The van der Waals surface area contributed by atoms with E-state index in [4.69, 9.17) is 16.6 Å². The average Bonchev–Trinajstić information content (AvgIpc) is 3.07. The van der Waals surface area contributed by atoms with E-state index in [0.29, 0.717) is 11.8 Å². The van der Waals surface area contributed by atoms with Crippen LogP contribution in [0.15, 0.2) is 29.6 Å². The lowest BCUT2D eigenvalue weighted by Gasteiger charge is -2.23. The summed E-state index contributed by atoms with van der Waals surface area (Å²) in [7, 11) is 0. The number of hydrogen-bond donors (Lipinski definition) is 0. The van der Waals surface area contributed by atoms with Gasteiger partial charge in [-0.05, 0) is 36.4 Å². The highest BCUT2D eigenvalue weighted by Gasteiger charge is 2.24. The van der Waals surface area contributed by atoms with E-state index in [1.54, 1.807) is 11.3 Å². The first-order chi connectivity index (χ1) is 10.1. The second-order valence-corrected chi connectivity index (χ2v) is 6.78. The number of halogens is 1. The van der Waals surface area contributed by atoms with E-state index in [-0.39, 0.29) is 6.04 Å². The molecule has 0 radical (unpaired) electrons. The van der Waals surface area contributed by atoms with Gasteiger partial charge < -0.3 is 4.57 Å². The number of hydrogen-bond acceptors (Lipinski definition) is 3. The van der Waals surface area contributed by atoms with E-state index < -0.39 is 0 Å². The standard InChI is InChI=1S/C16H18ClN3S/c1-10(2)15(13-5-4-8-21-13)20-14(9-17)19-12-7-6-11(3)18-16(12)20/h4-8,10,15H,9H2,1-3H3. The van der Waals surface area contributed by atoms with Gasteiger partial charge in [0.25, 0.3) is 0 Å². The Kier molecular flexibility index (Phi) is 4.00. The van der Waals surface area contributed by atoms with Crippen LogP contribution < -0.4 is 0 Å². The predicted molar refractivity (Wildman–Crippen MR) is 89.1 cm³/mol. The molecule has 0 saturated heterocycles. The largest absolute Gasteiger partial charge is 0.303 e. The van der Waals surface area contributed by atoms with Crippen molar-refractivity contribution < 1.29 is 0 Å². The Morgan fingerprint density at radius 2 is 2.05 bits per heavy atom. The zero-order valence-corrected chi connectivity index (χ0v) is 13.9. The van der Waals surface area contributed by atoms with E-state index in [1.165, 1.54) is 4.88 Å². The van der Waals surface area contributed by atoms with Crippen molar-refractivity contribution >= 4 is 34.1 Å². The summed E-state index contributed by atoms with van der Waals surface area (Å²) in [6.07, 6.45) is 0. The maximum atomic E-state index is 6.15. The number of fused-ring (bicyclic) bond motifs is 1. The molecule has 0 aliphatic rings. The fourth-order valence-electron chi connectivity index (χ4n) is 2.72. The van der Waals surface area contributed by atoms with Crippen molar-refractivity contribution in [2.24, 2.45) is 5.92 Å². The van der Waals surface area contributed by atoms with E-state index >= 15 is 0 Å². The SMILES string of the molecule is Cc1ccc2nc(CCl)n(C(c3cccs3)C(C)C)c2n1. The molecule has 0 fully saturated rings. The van der Waals surface area contributed by atoms with Crippen LogP contribution in [-0.4, -0.2) is 14.5 Å². The van der Waals surface area contributed by atoms with Gasteiger partial charge in [0.1, 0.15) is 11.3 Å². The van der Waals surface area contributed by atoms with Crippen LogP contribution in [0, 0.1) is 12.8 Å². The Balaban J connectivity index is 2.27. The first-order valence-corrected chi connectivity index (χ1v) is 8.47. The van der Waals surface area contributed by atoms with Crippen molar-refractivity contribution in [2.75, 3.05) is 0 Å². The summed E-state index contributed by atoms with van der Waals surface area (Å²) in [5, 5.41) is 2.11. The Morgan fingerprint density at radius 3 is 2.67 bits per heavy atom. The van der Waals surface area contributed by atoms with Gasteiger partial charge in [-0.25, -0.2) is 9.97 Å². The highest BCUT2D eigenvalue weighted by molar-refractivity contribution is 7.10. The molecule has 0 aromatic carbocycles. The molecule has 0 aliphatic carbocycles. The fourth-order valence-corrected chi connectivity index (χ4v) is 3.89. The summed E-state index contributed by atoms with van der Waals surface area (Å²) >= 11 is 7.92. The minimum absolute atomic E-state index is 0.220. The van der Waals surface area contributed by atoms with Crippen LogP contribution in [0.1, 0.15) is 36.3 Å². The quantitative estimate of drug-likeness (QED) is 0.648. The maximum absolute atomic E-state index is 6.15. The van der Waals surface area contributed by atoms with Crippen molar-refractivity contribution in [3.05, 3.63) is 46.0 Å². The monoisotopic (exact) mass is 319 g/mol. The third-order valence-electron chi connectivity index (χ3n) is 3.61. The second kappa shape index (κ2) is 5.78. The van der Waals surface area contributed by atoms with Gasteiger partial charge in [0.15, 0.2) is 5.65 Å². The number of aryl methyl sites for hydroxylation is 1. The number of pyridine rings is 1. The fraction of sp³-hybridized carbons (Fsp3) is 0.375. The molecule has 110 valence electrons. The van der Waals surface area contributed by atoms with Crippen molar-refractivity contribution in [2.45, 2.75) is 32.7 Å². The van der Waals surface area contributed by atoms with E-state index in [0.717, 1.165) is 22.7 Å². The molecule has 0 amide bonds. The van der Waals surface area contributed by atoms with Crippen LogP contribution in [0.5, 0.6) is 0 Å².